The Morgan fingerprint density at radius 3 is 2.79 bits per heavy atom. The molecule has 2 fully saturated rings. The van der Waals surface area contributed by atoms with Crippen molar-refractivity contribution >= 4 is 42.1 Å². The third-order valence-corrected chi connectivity index (χ3v) is 6.09. The summed E-state index contributed by atoms with van der Waals surface area (Å²) >= 11 is 1.61. The molecule has 1 N–H and O–H groups in total. The Balaban J connectivity index is 0.00000140. The van der Waals surface area contributed by atoms with E-state index in [1.165, 1.54) is 6.42 Å². The average Bonchev–Trinajstić information content (AvgIpc) is 3.41. The van der Waals surface area contributed by atoms with Crippen LogP contribution in [-0.2, 0) is 11.3 Å². The number of piperazine rings is 1. The normalized spacial score (nSPS) is 19.9. The number of halogens is 2. The topological polar surface area (TPSA) is 74.5 Å². The first-order chi connectivity index (χ1) is 12.8. The van der Waals surface area contributed by atoms with E-state index < -0.39 is 0 Å². The highest BCUT2D eigenvalue weighted by atomic mass is 35.5. The predicted molar refractivity (Wildman–Crippen MR) is 114 cm³/mol. The van der Waals surface area contributed by atoms with Crippen LogP contribution < -0.4 is 5.32 Å². The number of amides is 1. The molecule has 1 atom stereocenters. The molecule has 2 aromatic rings. The molecule has 1 unspecified atom stereocenters. The SMILES string of the molecule is Cl.Cl.O=C(CCC1CCNC1)N1CCN(Cc2nc(-c3cccs3)no2)CC1. The third-order valence-electron chi connectivity index (χ3n) is 5.22. The highest BCUT2D eigenvalue weighted by Gasteiger charge is 2.24. The number of hydrogen-bond donors (Lipinski definition) is 1. The van der Waals surface area contributed by atoms with Gasteiger partial charge in [-0.3, -0.25) is 9.69 Å². The zero-order valence-corrected chi connectivity index (χ0v) is 18.2. The first-order valence-corrected chi connectivity index (χ1v) is 10.2. The summed E-state index contributed by atoms with van der Waals surface area (Å²) in [5.41, 5.74) is 0. The molecule has 2 aliphatic rings. The summed E-state index contributed by atoms with van der Waals surface area (Å²) in [5, 5.41) is 9.43. The second-order valence-electron chi connectivity index (χ2n) is 7.04. The van der Waals surface area contributed by atoms with Gasteiger partial charge in [-0.15, -0.1) is 36.2 Å². The molecule has 0 saturated carbocycles. The van der Waals surface area contributed by atoms with Crippen molar-refractivity contribution in [2.75, 3.05) is 39.3 Å². The fourth-order valence-electron chi connectivity index (χ4n) is 3.62. The van der Waals surface area contributed by atoms with Crippen LogP contribution in [0.3, 0.4) is 0 Å². The molecular formula is C18H27Cl2N5O2S. The van der Waals surface area contributed by atoms with E-state index in [1.54, 1.807) is 11.3 Å². The lowest BCUT2D eigenvalue weighted by molar-refractivity contribution is -0.133. The Morgan fingerprint density at radius 2 is 2.11 bits per heavy atom. The van der Waals surface area contributed by atoms with E-state index in [1.807, 2.05) is 22.4 Å². The standard InChI is InChI=1S/C18H25N5O2S.2ClH/c24-17(4-3-14-5-6-19-12-14)23-9-7-22(8-10-23)13-16-20-18(21-25-16)15-2-1-11-26-15;;/h1-2,11,14,19H,3-10,12-13H2;2*1H. The molecule has 28 heavy (non-hydrogen) atoms. The Kier molecular flexibility index (Phi) is 9.17. The van der Waals surface area contributed by atoms with Gasteiger partial charge in [0.15, 0.2) is 0 Å². The molecule has 0 aromatic carbocycles. The van der Waals surface area contributed by atoms with Crippen molar-refractivity contribution in [3.8, 4) is 10.7 Å². The zero-order valence-electron chi connectivity index (χ0n) is 15.7. The quantitative estimate of drug-likeness (QED) is 0.733. The number of nitrogens with zero attached hydrogens (tertiary/aromatic N) is 4. The Morgan fingerprint density at radius 1 is 1.29 bits per heavy atom. The lowest BCUT2D eigenvalue weighted by Crippen LogP contribution is -2.48. The second kappa shape index (κ2) is 11.1. The first kappa shape index (κ1) is 23.1. The van der Waals surface area contributed by atoms with Crippen LogP contribution in [0.1, 0.15) is 25.2 Å². The first-order valence-electron chi connectivity index (χ1n) is 9.35. The van der Waals surface area contributed by atoms with Gasteiger partial charge in [-0.25, -0.2) is 0 Å². The van der Waals surface area contributed by atoms with Crippen molar-refractivity contribution in [3.63, 3.8) is 0 Å². The number of thiophene rings is 1. The van der Waals surface area contributed by atoms with Crippen LogP contribution in [0.2, 0.25) is 0 Å². The molecule has 0 bridgehead atoms. The monoisotopic (exact) mass is 447 g/mol. The van der Waals surface area contributed by atoms with E-state index in [0.717, 1.165) is 50.6 Å². The maximum absolute atomic E-state index is 12.4. The Hall–Kier alpha value is -1.19. The van der Waals surface area contributed by atoms with E-state index in [4.69, 9.17) is 4.52 Å². The molecule has 2 aliphatic heterocycles. The smallest absolute Gasteiger partial charge is 0.241 e. The van der Waals surface area contributed by atoms with Gasteiger partial charge in [-0.05, 0) is 43.3 Å². The Labute approximate surface area is 181 Å². The molecule has 10 heteroatoms. The largest absolute Gasteiger partial charge is 0.340 e. The van der Waals surface area contributed by atoms with Crippen LogP contribution >= 0.6 is 36.2 Å². The van der Waals surface area contributed by atoms with Crippen molar-refractivity contribution in [3.05, 3.63) is 23.4 Å². The van der Waals surface area contributed by atoms with Crippen LogP contribution in [0, 0.1) is 5.92 Å². The summed E-state index contributed by atoms with van der Waals surface area (Å²) in [5.74, 6) is 2.27. The highest BCUT2D eigenvalue weighted by Crippen LogP contribution is 2.22. The van der Waals surface area contributed by atoms with Gasteiger partial charge in [0, 0.05) is 32.6 Å². The lowest BCUT2D eigenvalue weighted by Gasteiger charge is -2.34. The minimum atomic E-state index is 0. The van der Waals surface area contributed by atoms with Crippen LogP contribution in [0.4, 0.5) is 0 Å². The Bertz CT molecular complexity index is 713. The molecule has 2 saturated heterocycles. The predicted octanol–water partition coefficient (Wildman–Crippen LogP) is 2.68. The molecule has 7 nitrogen and oxygen atoms in total. The number of aromatic nitrogens is 2. The number of carbonyl (C=O) groups excluding carboxylic acids is 1. The molecule has 0 radical (unpaired) electrons. The van der Waals surface area contributed by atoms with Crippen LogP contribution in [0.5, 0.6) is 0 Å². The maximum Gasteiger partial charge on any atom is 0.241 e. The van der Waals surface area contributed by atoms with Gasteiger partial charge in [0.05, 0.1) is 11.4 Å². The minimum absolute atomic E-state index is 0. The van der Waals surface area contributed by atoms with Crippen molar-refractivity contribution in [1.29, 1.82) is 0 Å². The molecule has 1 amide bonds. The average molecular weight is 448 g/mol. The van der Waals surface area contributed by atoms with E-state index >= 15 is 0 Å². The van der Waals surface area contributed by atoms with Crippen LogP contribution in [0.25, 0.3) is 10.7 Å². The number of hydrogen-bond acceptors (Lipinski definition) is 7. The van der Waals surface area contributed by atoms with Crippen molar-refractivity contribution < 1.29 is 9.32 Å². The molecule has 2 aromatic heterocycles. The second-order valence-corrected chi connectivity index (χ2v) is 7.99. The van der Waals surface area contributed by atoms with E-state index in [9.17, 15) is 4.79 Å². The van der Waals surface area contributed by atoms with Gasteiger partial charge in [0.2, 0.25) is 17.6 Å². The third kappa shape index (κ3) is 5.90. The molecule has 156 valence electrons. The van der Waals surface area contributed by atoms with Crippen molar-refractivity contribution in [1.82, 2.24) is 25.3 Å². The summed E-state index contributed by atoms with van der Waals surface area (Å²) in [4.78, 5) is 22.2. The fourth-order valence-corrected chi connectivity index (χ4v) is 4.27. The van der Waals surface area contributed by atoms with Crippen molar-refractivity contribution in [2.45, 2.75) is 25.8 Å². The summed E-state index contributed by atoms with van der Waals surface area (Å²) in [6.45, 7) is 6.09. The summed E-state index contributed by atoms with van der Waals surface area (Å²) in [6.07, 6.45) is 2.90. The molecule has 4 rings (SSSR count). The highest BCUT2D eigenvalue weighted by molar-refractivity contribution is 7.13. The minimum Gasteiger partial charge on any atom is -0.340 e. The molecular weight excluding hydrogens is 421 g/mol. The van der Waals surface area contributed by atoms with Gasteiger partial charge >= 0.3 is 0 Å². The number of nitrogens with one attached hydrogen (secondary N) is 1. The van der Waals surface area contributed by atoms with Gasteiger partial charge in [0.1, 0.15) is 0 Å². The summed E-state index contributed by atoms with van der Waals surface area (Å²) in [6, 6.07) is 3.97. The fraction of sp³-hybridized carbons (Fsp3) is 0.611. The van der Waals surface area contributed by atoms with E-state index in [2.05, 4.69) is 20.4 Å². The summed E-state index contributed by atoms with van der Waals surface area (Å²) < 4.78 is 5.38. The van der Waals surface area contributed by atoms with E-state index in [0.29, 0.717) is 36.5 Å². The van der Waals surface area contributed by atoms with Gasteiger partial charge in [-0.1, -0.05) is 11.2 Å². The van der Waals surface area contributed by atoms with Gasteiger partial charge in [0.25, 0.3) is 0 Å². The van der Waals surface area contributed by atoms with Crippen molar-refractivity contribution in [2.24, 2.45) is 5.92 Å². The maximum atomic E-state index is 12.4. The zero-order chi connectivity index (χ0) is 17.8. The summed E-state index contributed by atoms with van der Waals surface area (Å²) in [7, 11) is 0. The molecule has 0 aliphatic carbocycles. The lowest BCUT2D eigenvalue weighted by atomic mass is 10.0. The van der Waals surface area contributed by atoms with E-state index in [-0.39, 0.29) is 24.8 Å². The van der Waals surface area contributed by atoms with Crippen LogP contribution in [-0.4, -0.2) is 65.1 Å². The van der Waals surface area contributed by atoms with Gasteiger partial charge in [-0.2, -0.15) is 4.98 Å². The number of carbonyl (C=O) groups is 1. The molecule has 4 heterocycles. The van der Waals surface area contributed by atoms with Gasteiger partial charge < -0.3 is 14.7 Å². The number of rotatable bonds is 6. The molecule has 0 spiro atoms. The van der Waals surface area contributed by atoms with Crippen LogP contribution in [0.15, 0.2) is 22.0 Å².